The first-order valence-electron chi connectivity index (χ1n) is 7.64. The first kappa shape index (κ1) is 28.4. The molecule has 25 heavy (non-hydrogen) atoms. The predicted molar refractivity (Wildman–Crippen MR) is 94.4 cm³/mol. The van der Waals surface area contributed by atoms with Gasteiger partial charge in [-0.1, -0.05) is 20.8 Å². The molecule has 0 saturated carbocycles. The predicted octanol–water partition coefficient (Wildman–Crippen LogP) is 0.331. The molecule has 146 valence electrons. The number of phosphoric ester groups is 1. The van der Waals surface area contributed by atoms with Crippen molar-refractivity contribution in [3.8, 4) is 0 Å². The Hall–Kier alpha value is 1.24. The molecule has 2 atom stereocenters. The van der Waals surface area contributed by atoms with Crippen LogP contribution in [0.3, 0.4) is 0 Å². The molecule has 0 amide bonds. The van der Waals surface area contributed by atoms with Crippen LogP contribution in [0.1, 0.15) is 48.5 Å². The minimum Gasteiger partial charge on any atom is -0.790 e. The second kappa shape index (κ2) is 10.1. The maximum Gasteiger partial charge on any atom is 2.00 e. The van der Waals surface area contributed by atoms with Gasteiger partial charge in [0.25, 0.3) is 0 Å². The van der Waals surface area contributed by atoms with Crippen molar-refractivity contribution < 1.29 is 32.0 Å². The van der Waals surface area contributed by atoms with Crippen molar-refractivity contribution in [2.75, 3.05) is 19.4 Å². The van der Waals surface area contributed by atoms with Crippen LogP contribution in [0, 0.1) is 5.41 Å². The molecule has 0 aliphatic heterocycles. The van der Waals surface area contributed by atoms with Gasteiger partial charge in [0.05, 0.1) is 32.9 Å². The minimum absolute atomic E-state index is 0. The van der Waals surface area contributed by atoms with E-state index in [9.17, 15) is 22.8 Å². The van der Waals surface area contributed by atoms with Crippen LogP contribution in [0.4, 0.5) is 0 Å². The largest absolute Gasteiger partial charge is 2.00 e. The van der Waals surface area contributed by atoms with Gasteiger partial charge in [-0.2, -0.15) is 4.31 Å². The van der Waals surface area contributed by atoms with Crippen LogP contribution in [-0.2, 0) is 23.8 Å². The fourth-order valence-corrected chi connectivity index (χ4v) is 3.67. The molecule has 0 aliphatic carbocycles. The van der Waals surface area contributed by atoms with Gasteiger partial charge in [-0.05, 0) is 33.1 Å². The molecule has 0 bridgehead atoms. The molecule has 8 nitrogen and oxygen atoms in total. The quantitative estimate of drug-likeness (QED) is 0.404. The van der Waals surface area contributed by atoms with Crippen molar-refractivity contribution in [2.45, 2.75) is 66.2 Å². The van der Waals surface area contributed by atoms with E-state index in [2.05, 4.69) is 4.52 Å². The van der Waals surface area contributed by atoms with E-state index in [1.807, 2.05) is 20.8 Å². The molecule has 11 heteroatoms. The first-order chi connectivity index (χ1) is 10.3. The zero-order valence-electron chi connectivity index (χ0n) is 16.4. The average molecular weight is 428 g/mol. The molecule has 0 N–H and O–H groups in total. The molecule has 0 aliphatic rings. The van der Waals surface area contributed by atoms with Crippen molar-refractivity contribution in [1.29, 1.82) is 0 Å². The number of phosphoric acid groups is 1. The molecule has 0 aromatic rings. The molecule has 0 radical (unpaired) electrons. The molecule has 0 rings (SSSR count). The molecule has 0 heterocycles. The number of hydrogen-bond donors (Lipinski definition) is 0. The van der Waals surface area contributed by atoms with Gasteiger partial charge in [0, 0.05) is 12.1 Å². The number of nitrogens with zero attached hydrogens (tertiary/aromatic N) is 1. The summed E-state index contributed by atoms with van der Waals surface area (Å²) in [6.45, 7) is 12.1. The summed E-state index contributed by atoms with van der Waals surface area (Å²) < 4.78 is 46.2. The van der Waals surface area contributed by atoms with Gasteiger partial charge in [-0.15, -0.1) is 0 Å². The summed E-state index contributed by atoms with van der Waals surface area (Å²) in [7, 11) is -8.75. The van der Waals surface area contributed by atoms with Gasteiger partial charge in [0.2, 0.25) is 10.0 Å². The Morgan fingerprint density at radius 2 is 1.56 bits per heavy atom. The summed E-state index contributed by atoms with van der Waals surface area (Å²) in [4.78, 5) is 21.5. The van der Waals surface area contributed by atoms with E-state index in [1.54, 1.807) is 27.7 Å². The van der Waals surface area contributed by atoms with E-state index in [0.29, 0.717) is 0 Å². The minimum atomic E-state index is -5.18. The number of hydrogen-bond acceptors (Lipinski definition) is 7. The molecular formula is C14H30CaNO7PS. The first-order valence-corrected chi connectivity index (χ1v) is 10.9. The molecule has 0 unspecified atom stereocenters. The SMILES string of the molecule is C[C@H](O[C@H](COP(=O)([O-])[O-])CN(C(C)(C)C)S(C)(=O)=O)C(C)(C)C.[Ca+2]. The molecule has 0 aromatic heterocycles. The van der Waals surface area contributed by atoms with Crippen molar-refractivity contribution >= 4 is 55.6 Å². The topological polar surface area (TPSA) is 119 Å². The fraction of sp³-hybridized carbons (Fsp3) is 1.00. The summed E-state index contributed by atoms with van der Waals surface area (Å²) in [6.07, 6.45) is -0.148. The molecule has 0 spiro atoms. The van der Waals surface area contributed by atoms with Crippen molar-refractivity contribution in [3.05, 3.63) is 0 Å². The standard InChI is InChI=1S/C14H32NO7PS.Ca/c1-11(13(2,3)4)22-12(10-21-23(16,17)18)9-15(14(5,6)7)24(8,19)20;/h11-12H,9-10H2,1-8H3,(H2,16,17,18);/q;+2/p-2/t11-,12-;/m0./s1. The van der Waals surface area contributed by atoms with E-state index in [0.717, 1.165) is 6.26 Å². The average Bonchev–Trinajstić information content (AvgIpc) is 2.26. The number of ether oxygens (including phenoxy) is 1. The Bertz CT molecular complexity index is 551. The van der Waals surface area contributed by atoms with Crippen molar-refractivity contribution in [3.63, 3.8) is 0 Å². The number of rotatable bonds is 8. The molecule has 0 aromatic carbocycles. The second-order valence-electron chi connectivity index (χ2n) is 7.97. The number of sulfonamides is 1. The summed E-state index contributed by atoms with van der Waals surface area (Å²) in [5.74, 6) is 0. The van der Waals surface area contributed by atoms with E-state index in [-0.39, 0.29) is 55.8 Å². The maximum absolute atomic E-state index is 12.0. The van der Waals surface area contributed by atoms with Gasteiger partial charge in [0.1, 0.15) is 0 Å². The Balaban J connectivity index is 0. The second-order valence-corrected chi connectivity index (χ2v) is 11.0. The molecule has 0 fully saturated rings. The third kappa shape index (κ3) is 12.3. The summed E-state index contributed by atoms with van der Waals surface area (Å²) in [5, 5.41) is 0. The van der Waals surface area contributed by atoms with Gasteiger partial charge < -0.3 is 23.6 Å². The summed E-state index contributed by atoms with van der Waals surface area (Å²) in [6, 6.07) is 0. The van der Waals surface area contributed by atoms with Crippen LogP contribution >= 0.6 is 7.82 Å². The molecule has 0 saturated heterocycles. The third-order valence-electron chi connectivity index (χ3n) is 3.55. The molecular weight excluding hydrogens is 397 g/mol. The van der Waals surface area contributed by atoms with Gasteiger partial charge >= 0.3 is 37.7 Å². The zero-order valence-corrected chi connectivity index (χ0v) is 20.4. The van der Waals surface area contributed by atoms with Crippen LogP contribution in [0.25, 0.3) is 0 Å². The Morgan fingerprint density at radius 3 is 1.84 bits per heavy atom. The summed E-state index contributed by atoms with van der Waals surface area (Å²) >= 11 is 0. The van der Waals surface area contributed by atoms with Crippen LogP contribution in [0.2, 0.25) is 0 Å². The third-order valence-corrected chi connectivity index (χ3v) is 5.52. The smallest absolute Gasteiger partial charge is 0.790 e. The van der Waals surface area contributed by atoms with Crippen LogP contribution in [0.5, 0.6) is 0 Å². The monoisotopic (exact) mass is 427 g/mol. The van der Waals surface area contributed by atoms with Crippen LogP contribution < -0.4 is 9.79 Å². The van der Waals surface area contributed by atoms with E-state index < -0.39 is 36.1 Å². The maximum atomic E-state index is 12.0. The fourth-order valence-electron chi connectivity index (χ4n) is 1.89. The Kier molecular flexibility index (Phi) is 11.5. The van der Waals surface area contributed by atoms with Crippen LogP contribution in [0.15, 0.2) is 0 Å². The Morgan fingerprint density at radius 1 is 1.12 bits per heavy atom. The van der Waals surface area contributed by atoms with Gasteiger partial charge in [-0.3, -0.25) is 0 Å². The van der Waals surface area contributed by atoms with E-state index in [4.69, 9.17) is 4.74 Å². The zero-order chi connectivity index (χ0) is 19.6. The Labute approximate surface area is 181 Å². The normalized spacial score (nSPS) is 16.4. The van der Waals surface area contributed by atoms with Crippen molar-refractivity contribution in [2.24, 2.45) is 5.41 Å². The van der Waals surface area contributed by atoms with Gasteiger partial charge in [0.15, 0.2) is 0 Å². The van der Waals surface area contributed by atoms with E-state index in [1.165, 1.54) is 4.31 Å². The van der Waals surface area contributed by atoms with Crippen LogP contribution in [-0.4, -0.2) is 87.6 Å². The van der Waals surface area contributed by atoms with Crippen molar-refractivity contribution in [1.82, 2.24) is 4.31 Å². The summed E-state index contributed by atoms with van der Waals surface area (Å²) in [5.41, 5.74) is -0.993. The van der Waals surface area contributed by atoms with Gasteiger partial charge in [-0.25, -0.2) is 8.42 Å². The van der Waals surface area contributed by atoms with E-state index >= 15 is 0 Å².